The number of carbonyl (C=O) groups excluding carboxylic acids is 1. The zero-order valence-electron chi connectivity index (χ0n) is 15.5. The smallest absolute Gasteiger partial charge is 0.256 e. The maximum atomic E-state index is 12.6. The summed E-state index contributed by atoms with van der Waals surface area (Å²) in [6.45, 7) is 2.01. The molecule has 1 aromatic carbocycles. The second-order valence-electron chi connectivity index (χ2n) is 6.20. The highest BCUT2D eigenvalue weighted by molar-refractivity contribution is 8.13. The van der Waals surface area contributed by atoms with Gasteiger partial charge < -0.3 is 16.8 Å². The van der Waals surface area contributed by atoms with Crippen molar-refractivity contribution in [3.05, 3.63) is 58.7 Å². The normalized spacial score (nSPS) is 17.8. The fourth-order valence-electron chi connectivity index (χ4n) is 2.65. The van der Waals surface area contributed by atoms with Crippen molar-refractivity contribution < 1.29 is 4.79 Å². The molecule has 1 aliphatic heterocycles. The first-order valence-electron chi connectivity index (χ1n) is 8.21. The molecule has 0 saturated heterocycles. The van der Waals surface area contributed by atoms with Gasteiger partial charge in [0.15, 0.2) is 11.1 Å². The summed E-state index contributed by atoms with van der Waals surface area (Å²) in [5.41, 5.74) is 11.9. The Hall–Kier alpha value is -2.00. The van der Waals surface area contributed by atoms with Crippen molar-refractivity contribution in [2.45, 2.75) is 18.9 Å². The number of halogens is 3. The van der Waals surface area contributed by atoms with Gasteiger partial charge in [0.25, 0.3) is 5.91 Å². The van der Waals surface area contributed by atoms with Crippen molar-refractivity contribution in [1.29, 1.82) is 0 Å². The van der Waals surface area contributed by atoms with Crippen molar-refractivity contribution in [2.24, 2.45) is 21.5 Å². The first-order chi connectivity index (χ1) is 12.9. The van der Waals surface area contributed by atoms with E-state index >= 15 is 0 Å². The Morgan fingerprint density at radius 3 is 2.69 bits per heavy atom. The van der Waals surface area contributed by atoms with Gasteiger partial charge >= 0.3 is 0 Å². The highest BCUT2D eigenvalue weighted by Gasteiger charge is 2.30. The van der Waals surface area contributed by atoms with Crippen LogP contribution in [-0.4, -0.2) is 27.8 Å². The lowest BCUT2D eigenvalue weighted by Crippen LogP contribution is -2.28. The van der Waals surface area contributed by atoms with Crippen LogP contribution in [0.25, 0.3) is 0 Å². The lowest BCUT2D eigenvalue weighted by Gasteiger charge is -2.30. The van der Waals surface area contributed by atoms with Crippen LogP contribution in [0, 0.1) is 0 Å². The summed E-state index contributed by atoms with van der Waals surface area (Å²) in [6.07, 6.45) is 2.29. The third-order valence-electron chi connectivity index (χ3n) is 4.10. The molecule has 0 saturated carbocycles. The first-order valence-corrected chi connectivity index (χ1v) is 9.58. The van der Waals surface area contributed by atoms with Crippen molar-refractivity contribution >= 4 is 71.0 Å². The summed E-state index contributed by atoms with van der Waals surface area (Å²) >= 11 is 7.32. The summed E-state index contributed by atoms with van der Waals surface area (Å²) in [4.78, 5) is 25.4. The van der Waals surface area contributed by atoms with Gasteiger partial charge in [-0.15, -0.1) is 24.8 Å². The van der Waals surface area contributed by atoms with Crippen LogP contribution in [-0.2, 0) is 5.54 Å². The quantitative estimate of drug-likeness (QED) is 0.460. The van der Waals surface area contributed by atoms with Gasteiger partial charge in [-0.05, 0) is 43.2 Å². The number of nitrogens with one attached hydrogen (secondary N) is 1. The maximum Gasteiger partial charge on any atom is 0.256 e. The molecule has 0 fully saturated rings. The van der Waals surface area contributed by atoms with Crippen molar-refractivity contribution in [2.75, 3.05) is 11.1 Å². The van der Waals surface area contributed by atoms with Crippen LogP contribution in [0.5, 0.6) is 0 Å². The van der Waals surface area contributed by atoms with E-state index in [1.165, 1.54) is 18.0 Å². The Kier molecular flexibility index (Phi) is 9.22. The number of aliphatic imine (C=N–C) groups is 2. The molecular formula is C18H21Cl3N6OS. The largest absolute Gasteiger partial charge is 0.370 e. The third kappa shape index (κ3) is 6.50. The van der Waals surface area contributed by atoms with Crippen LogP contribution < -0.4 is 16.8 Å². The minimum atomic E-state index is -0.506. The molecule has 11 heteroatoms. The molecule has 1 atom stereocenters. The molecule has 7 nitrogen and oxygen atoms in total. The predicted octanol–water partition coefficient (Wildman–Crippen LogP) is 3.81. The van der Waals surface area contributed by atoms with Gasteiger partial charge in [-0.3, -0.25) is 4.79 Å². The van der Waals surface area contributed by atoms with E-state index in [0.717, 1.165) is 17.7 Å². The number of amides is 1. The molecule has 1 amide bonds. The number of pyridine rings is 1. The van der Waals surface area contributed by atoms with Gasteiger partial charge in [-0.2, -0.15) is 4.99 Å². The van der Waals surface area contributed by atoms with Crippen LogP contribution in [0.1, 0.15) is 29.3 Å². The Morgan fingerprint density at radius 1 is 1.28 bits per heavy atom. The number of guanidine groups is 1. The fourth-order valence-corrected chi connectivity index (χ4v) is 3.88. The van der Waals surface area contributed by atoms with Gasteiger partial charge in [-0.25, -0.2) is 9.98 Å². The second-order valence-corrected chi connectivity index (χ2v) is 7.70. The van der Waals surface area contributed by atoms with Crippen molar-refractivity contribution in [3.8, 4) is 0 Å². The van der Waals surface area contributed by atoms with Crippen molar-refractivity contribution in [1.82, 2.24) is 4.98 Å². The lowest BCUT2D eigenvalue weighted by molar-refractivity contribution is 0.102. The highest BCUT2D eigenvalue weighted by Crippen LogP contribution is 2.36. The van der Waals surface area contributed by atoms with Gasteiger partial charge in [0.05, 0.1) is 10.6 Å². The van der Waals surface area contributed by atoms with Crippen molar-refractivity contribution in [3.63, 3.8) is 0 Å². The SMILES string of the molecule is CC1(c2cccc(C(=O)Nc3ccc(Cl)cn3)c2)CCSC(N=C(N)N)=N1.Cl.Cl. The van der Waals surface area contributed by atoms with Gasteiger partial charge in [0.2, 0.25) is 0 Å². The second kappa shape index (κ2) is 10.7. The number of aromatic nitrogens is 1. The van der Waals surface area contributed by atoms with Crippen LogP contribution in [0.2, 0.25) is 5.02 Å². The standard InChI is InChI=1S/C18H19ClN6OS.2ClH/c1-18(7-8-27-17(25-18)24-16(20)21)12-4-2-3-11(9-12)15(26)23-14-6-5-13(19)10-22-14;;/h2-6,9-10H,7-8H2,1H3,(H,22,23,26)(H4,20,21,24,25);2*1H. The monoisotopic (exact) mass is 474 g/mol. The van der Waals surface area contributed by atoms with Crippen LogP contribution in [0.15, 0.2) is 52.6 Å². The van der Waals surface area contributed by atoms with E-state index in [1.807, 2.05) is 25.1 Å². The van der Waals surface area contributed by atoms with E-state index in [4.69, 9.17) is 28.1 Å². The Labute approximate surface area is 190 Å². The van der Waals surface area contributed by atoms with Gasteiger partial charge in [0.1, 0.15) is 5.82 Å². The number of thioether (sulfide) groups is 1. The molecule has 156 valence electrons. The molecule has 1 aliphatic rings. The van der Waals surface area contributed by atoms with E-state index in [0.29, 0.717) is 21.6 Å². The predicted molar refractivity (Wildman–Crippen MR) is 126 cm³/mol. The zero-order chi connectivity index (χ0) is 19.4. The number of hydrogen-bond donors (Lipinski definition) is 3. The van der Waals surface area contributed by atoms with E-state index < -0.39 is 5.54 Å². The number of benzene rings is 1. The summed E-state index contributed by atoms with van der Waals surface area (Å²) in [7, 11) is 0. The Balaban J connectivity index is 0.00000210. The number of anilines is 1. The van der Waals surface area contributed by atoms with Crippen LogP contribution in [0.4, 0.5) is 5.82 Å². The Bertz CT molecular complexity index is 918. The molecule has 1 aromatic heterocycles. The topological polar surface area (TPSA) is 119 Å². The maximum absolute atomic E-state index is 12.6. The number of hydrogen-bond acceptors (Lipinski definition) is 5. The average Bonchev–Trinajstić information content (AvgIpc) is 2.63. The fraction of sp³-hybridized carbons (Fsp3) is 0.222. The van der Waals surface area contributed by atoms with Gasteiger partial charge in [0, 0.05) is 17.5 Å². The zero-order valence-corrected chi connectivity index (χ0v) is 18.7. The molecule has 2 heterocycles. The summed E-state index contributed by atoms with van der Waals surface area (Å²) in [6, 6.07) is 10.7. The van der Waals surface area contributed by atoms with E-state index in [2.05, 4.69) is 15.3 Å². The summed E-state index contributed by atoms with van der Waals surface area (Å²) in [5, 5.41) is 3.81. The van der Waals surface area contributed by atoms with E-state index in [9.17, 15) is 4.79 Å². The van der Waals surface area contributed by atoms with Crippen LogP contribution >= 0.6 is 48.2 Å². The number of amidine groups is 1. The molecule has 0 radical (unpaired) electrons. The molecule has 5 N–H and O–H groups in total. The van der Waals surface area contributed by atoms with Gasteiger partial charge in [-0.1, -0.05) is 35.5 Å². The lowest BCUT2D eigenvalue weighted by atomic mass is 9.88. The van der Waals surface area contributed by atoms with Crippen LogP contribution in [0.3, 0.4) is 0 Å². The molecule has 1 unspecified atom stereocenters. The molecule has 2 aromatic rings. The summed E-state index contributed by atoms with van der Waals surface area (Å²) < 4.78 is 0. The first kappa shape index (κ1) is 25.0. The average molecular weight is 476 g/mol. The number of nitrogens with two attached hydrogens (primary N) is 2. The minimum Gasteiger partial charge on any atom is -0.370 e. The third-order valence-corrected chi connectivity index (χ3v) is 5.18. The molecular weight excluding hydrogens is 455 g/mol. The highest BCUT2D eigenvalue weighted by atomic mass is 35.5. The summed E-state index contributed by atoms with van der Waals surface area (Å²) in [5.74, 6) is 0.989. The molecule has 0 aliphatic carbocycles. The molecule has 0 spiro atoms. The number of carbonyl (C=O) groups is 1. The minimum absolute atomic E-state index is 0. The number of rotatable bonds is 3. The van der Waals surface area contributed by atoms with E-state index in [-0.39, 0.29) is 36.7 Å². The number of nitrogens with zero attached hydrogens (tertiary/aromatic N) is 3. The van der Waals surface area contributed by atoms with E-state index in [1.54, 1.807) is 18.2 Å². The molecule has 3 rings (SSSR count). The molecule has 29 heavy (non-hydrogen) atoms. The molecule has 0 bridgehead atoms. The Morgan fingerprint density at radius 2 is 2.03 bits per heavy atom.